The molecule has 2 saturated heterocycles. The zero-order valence-corrected chi connectivity index (χ0v) is 54.7. The predicted molar refractivity (Wildman–Crippen MR) is 355 cm³/mol. The van der Waals surface area contributed by atoms with Crippen LogP contribution in [-0.4, -0.2) is 140 Å². The summed E-state index contributed by atoms with van der Waals surface area (Å²) in [5.41, 5.74) is 0. The number of unbranched alkanes of at least 4 members (excludes halogenated alkanes) is 32. The van der Waals surface area contributed by atoms with Gasteiger partial charge in [-0.15, -0.1) is 0 Å². The van der Waals surface area contributed by atoms with Crippen molar-refractivity contribution in [2.24, 2.45) is 0 Å². The number of nitrogens with one attached hydrogen (secondary N) is 1. The highest BCUT2D eigenvalue weighted by Gasteiger charge is 2.51. The van der Waals surface area contributed by atoms with Crippen molar-refractivity contribution in [2.75, 3.05) is 19.8 Å². The summed E-state index contributed by atoms with van der Waals surface area (Å²) < 4.78 is 22.8. The lowest BCUT2D eigenvalue weighted by atomic mass is 9.97. The Bertz CT molecular complexity index is 1780. The number of ether oxygens (including phenoxy) is 4. The van der Waals surface area contributed by atoms with E-state index in [0.717, 1.165) is 77.0 Å². The fourth-order valence-corrected chi connectivity index (χ4v) is 11.2. The number of hydrogen-bond donors (Lipinski definition) is 9. The summed E-state index contributed by atoms with van der Waals surface area (Å²) in [6, 6.07) is -0.949. The maximum Gasteiger partial charge on any atom is 0.220 e. The molecule has 0 aliphatic carbocycles. The van der Waals surface area contributed by atoms with E-state index >= 15 is 0 Å². The van der Waals surface area contributed by atoms with Gasteiger partial charge in [0.1, 0.15) is 48.8 Å². The molecular formula is C73H129NO13. The topological polar surface area (TPSA) is 228 Å². The Morgan fingerprint density at radius 1 is 0.425 bits per heavy atom. The van der Waals surface area contributed by atoms with Gasteiger partial charge in [0.05, 0.1) is 32.0 Å². The van der Waals surface area contributed by atoms with Gasteiger partial charge >= 0.3 is 0 Å². The van der Waals surface area contributed by atoms with E-state index in [9.17, 15) is 45.6 Å². The molecule has 0 spiro atoms. The van der Waals surface area contributed by atoms with Crippen molar-refractivity contribution >= 4 is 5.91 Å². The fourth-order valence-electron chi connectivity index (χ4n) is 11.2. The van der Waals surface area contributed by atoms with Crippen molar-refractivity contribution in [2.45, 2.75) is 351 Å². The summed E-state index contributed by atoms with van der Waals surface area (Å²) in [6.07, 6.45) is 62.2. The van der Waals surface area contributed by atoms with Gasteiger partial charge in [0, 0.05) is 6.42 Å². The van der Waals surface area contributed by atoms with E-state index < -0.39 is 86.8 Å². The van der Waals surface area contributed by atoms with Crippen molar-refractivity contribution in [3.8, 4) is 0 Å². The van der Waals surface area contributed by atoms with Gasteiger partial charge < -0.3 is 65.1 Å². The molecule has 2 aliphatic rings. The van der Waals surface area contributed by atoms with Gasteiger partial charge in [0.25, 0.3) is 0 Å². The van der Waals surface area contributed by atoms with Crippen LogP contribution in [-0.2, 0) is 23.7 Å². The molecule has 0 bridgehead atoms. The van der Waals surface area contributed by atoms with Gasteiger partial charge in [-0.05, 0) is 77.0 Å². The van der Waals surface area contributed by atoms with E-state index in [1.54, 1.807) is 6.08 Å². The predicted octanol–water partition coefficient (Wildman–Crippen LogP) is 14.4. The quantitative estimate of drug-likeness (QED) is 0.0204. The molecule has 0 saturated carbocycles. The van der Waals surface area contributed by atoms with E-state index in [1.807, 2.05) is 6.08 Å². The van der Waals surface area contributed by atoms with Gasteiger partial charge in [-0.3, -0.25) is 4.79 Å². The van der Waals surface area contributed by atoms with E-state index in [4.69, 9.17) is 18.9 Å². The molecule has 0 aromatic rings. The Kier molecular flexibility index (Phi) is 52.7. The average Bonchev–Trinajstić information content (AvgIpc) is 1.56. The molecule has 0 aromatic heterocycles. The van der Waals surface area contributed by atoms with Crippen molar-refractivity contribution in [3.63, 3.8) is 0 Å². The van der Waals surface area contributed by atoms with Crippen molar-refractivity contribution in [1.82, 2.24) is 5.32 Å². The van der Waals surface area contributed by atoms with Gasteiger partial charge in [-0.1, -0.05) is 279 Å². The second-order valence-corrected chi connectivity index (χ2v) is 24.6. The first-order valence-corrected chi connectivity index (χ1v) is 35.3. The van der Waals surface area contributed by atoms with Crippen LogP contribution in [0.3, 0.4) is 0 Å². The molecule has 504 valence electrons. The van der Waals surface area contributed by atoms with E-state index in [-0.39, 0.29) is 18.9 Å². The van der Waals surface area contributed by atoms with Crippen LogP contribution < -0.4 is 5.32 Å². The summed E-state index contributed by atoms with van der Waals surface area (Å²) in [5, 5.41) is 87.4. The minimum atomic E-state index is -1.80. The number of allylic oxidation sites excluding steroid dienone is 13. The van der Waals surface area contributed by atoms with Crippen LogP contribution in [0.5, 0.6) is 0 Å². The first-order valence-electron chi connectivity index (χ1n) is 35.3. The smallest absolute Gasteiger partial charge is 0.220 e. The molecule has 0 radical (unpaired) electrons. The molecule has 12 atom stereocenters. The highest BCUT2D eigenvalue weighted by molar-refractivity contribution is 5.76. The molecule has 87 heavy (non-hydrogen) atoms. The minimum absolute atomic E-state index is 0.247. The summed E-state index contributed by atoms with van der Waals surface area (Å²) >= 11 is 0. The van der Waals surface area contributed by atoms with Crippen LogP contribution >= 0.6 is 0 Å². The highest BCUT2D eigenvalue weighted by atomic mass is 16.7. The number of carbonyl (C=O) groups is 1. The monoisotopic (exact) mass is 1230 g/mol. The molecule has 12 unspecified atom stereocenters. The molecule has 2 rings (SSSR count). The molecule has 14 nitrogen and oxygen atoms in total. The van der Waals surface area contributed by atoms with Crippen LogP contribution in [0.25, 0.3) is 0 Å². The normalized spacial score (nSPS) is 23.8. The minimum Gasteiger partial charge on any atom is -0.394 e. The molecular weight excluding hydrogens is 1100 g/mol. The lowest BCUT2D eigenvalue weighted by Gasteiger charge is -2.46. The first-order chi connectivity index (χ1) is 42.6. The Morgan fingerprint density at radius 2 is 0.805 bits per heavy atom. The van der Waals surface area contributed by atoms with Crippen molar-refractivity contribution in [1.29, 1.82) is 0 Å². The average molecular weight is 1230 g/mol. The Morgan fingerprint density at radius 3 is 1.26 bits per heavy atom. The third kappa shape index (κ3) is 41.3. The summed E-state index contributed by atoms with van der Waals surface area (Å²) in [6.45, 7) is 2.67. The molecule has 9 N–H and O–H groups in total. The Labute approximate surface area is 529 Å². The van der Waals surface area contributed by atoms with E-state index in [1.165, 1.54) is 167 Å². The van der Waals surface area contributed by atoms with E-state index in [2.05, 4.69) is 92.1 Å². The SMILES string of the molecule is CC/C=C\C/C=C\C/C=C\C/C=C\C/C=C\CCCCCCCC(=O)NC(COC1OC(CO)C(OC2OC(CO)C(O)C(O)C2O)C(O)C1O)C(O)/C=C/CC/C=C/CCCCCCCCCCCCCCCCCCCCCCCCCCCC. The third-order valence-electron chi connectivity index (χ3n) is 16.8. The van der Waals surface area contributed by atoms with Gasteiger partial charge in [-0.25, -0.2) is 0 Å². The Balaban J connectivity index is 1.69. The van der Waals surface area contributed by atoms with Crippen molar-refractivity contribution < 1.29 is 64.6 Å². The zero-order chi connectivity index (χ0) is 63.1. The number of aliphatic hydroxyl groups excluding tert-OH is 8. The molecule has 14 heteroatoms. The van der Waals surface area contributed by atoms with Gasteiger partial charge in [0.2, 0.25) is 5.91 Å². The van der Waals surface area contributed by atoms with Crippen LogP contribution in [0.1, 0.15) is 277 Å². The van der Waals surface area contributed by atoms with Crippen LogP contribution in [0, 0.1) is 0 Å². The molecule has 2 aliphatic heterocycles. The zero-order valence-electron chi connectivity index (χ0n) is 54.7. The largest absolute Gasteiger partial charge is 0.394 e. The maximum absolute atomic E-state index is 13.3. The number of hydrogen-bond acceptors (Lipinski definition) is 13. The second-order valence-electron chi connectivity index (χ2n) is 24.6. The first kappa shape index (κ1) is 80.3. The lowest BCUT2D eigenvalue weighted by molar-refractivity contribution is -0.359. The summed E-state index contributed by atoms with van der Waals surface area (Å²) in [7, 11) is 0. The Hall–Kier alpha value is -2.83. The third-order valence-corrected chi connectivity index (χ3v) is 16.8. The fraction of sp³-hybridized carbons (Fsp3) is 0.795. The number of amides is 1. The molecule has 2 heterocycles. The molecule has 0 aromatic carbocycles. The number of carbonyl (C=O) groups excluding carboxylic acids is 1. The summed E-state index contributed by atoms with van der Waals surface area (Å²) in [5.74, 6) is -0.268. The number of rotatable bonds is 57. The van der Waals surface area contributed by atoms with Crippen LogP contribution in [0.15, 0.2) is 85.1 Å². The second kappa shape index (κ2) is 57.1. The van der Waals surface area contributed by atoms with Gasteiger partial charge in [-0.2, -0.15) is 0 Å². The lowest BCUT2D eigenvalue weighted by Crippen LogP contribution is -2.65. The molecule has 1 amide bonds. The van der Waals surface area contributed by atoms with Gasteiger partial charge in [0.15, 0.2) is 12.6 Å². The maximum atomic E-state index is 13.3. The highest BCUT2D eigenvalue weighted by Crippen LogP contribution is 2.30. The molecule has 2 fully saturated rings. The van der Waals surface area contributed by atoms with Crippen LogP contribution in [0.2, 0.25) is 0 Å². The number of aliphatic hydroxyl groups is 8. The van der Waals surface area contributed by atoms with Crippen LogP contribution in [0.4, 0.5) is 0 Å². The standard InChI is InChI=1S/C73H129NO13/c1-3-5-7-9-11-13-15-17-19-21-23-25-26-27-28-29-30-31-32-33-34-35-37-38-40-42-44-46-48-50-52-54-56-62(77)61(60-84-72-70(83)68(81)71(64(59-76)86-72)87-73-69(82)67(80)66(79)63(58-75)85-73)74-65(78)57-55-53-51-49-47-45-43-41-39-36-24-22-20-18-16-14-12-10-8-6-4-2/h6,8,12,14,18,20,24,36,41,43,46,48,54,56,61-64,66-73,75-77,79-83H,3-5,7,9-11,13,15-17,19,21-23,25-35,37-40,42,44-45,47,49-53,55,57-60H2,1-2H3,(H,74,78)/b8-6-,14-12-,20-18-,36-24-,43-41-,48-46+,56-54+. The van der Waals surface area contributed by atoms with E-state index in [0.29, 0.717) is 12.8 Å². The van der Waals surface area contributed by atoms with Crippen molar-refractivity contribution in [3.05, 3.63) is 85.1 Å². The summed E-state index contributed by atoms with van der Waals surface area (Å²) in [4.78, 5) is 13.3.